The molecule has 9 heteroatoms. The van der Waals surface area contributed by atoms with E-state index < -0.39 is 64.0 Å². The summed E-state index contributed by atoms with van der Waals surface area (Å²) in [5, 5.41) is 36.4. The maximum atomic E-state index is 12.8. The van der Waals surface area contributed by atoms with E-state index in [-0.39, 0.29) is 41.8 Å². The lowest BCUT2D eigenvalue weighted by Crippen LogP contribution is -2.72. The Morgan fingerprint density at radius 3 is 1.03 bits per heavy atom. The summed E-state index contributed by atoms with van der Waals surface area (Å²) in [6, 6.07) is 0. The lowest BCUT2D eigenvalue weighted by Gasteiger charge is -2.72. The highest BCUT2D eigenvalue weighted by molar-refractivity contribution is 5.82. The Morgan fingerprint density at radius 2 is 0.720 bits per heavy atom. The molecule has 5 aliphatic rings. The zero-order valence-electron chi connectivity index (χ0n) is 80.9. The molecular formula is C91H208O9. The molecule has 5 rings (SSSR count). The quantitative estimate of drug-likeness (QED) is 0.0938. The minimum Gasteiger partial charge on any atom is -0.462 e. The van der Waals surface area contributed by atoms with Crippen molar-refractivity contribution in [1.29, 1.82) is 0 Å². The topological polar surface area (TPSA) is 140 Å². The fourth-order valence-corrected chi connectivity index (χ4v) is 12.2. The molecule has 0 heterocycles. The van der Waals surface area contributed by atoms with E-state index in [1.807, 2.05) is 332 Å². The molecule has 0 aromatic rings. The zero-order valence-corrected chi connectivity index (χ0v) is 80.9. The highest BCUT2D eigenvalue weighted by atomic mass is 16.6. The average Bonchev–Trinajstić information content (AvgIpc) is 0.672. The molecule has 9 nitrogen and oxygen atoms in total. The van der Waals surface area contributed by atoms with Gasteiger partial charge in [-0.2, -0.15) is 0 Å². The van der Waals surface area contributed by atoms with Gasteiger partial charge in [0.15, 0.2) is 0 Å². The number of hydrogen-bond donors (Lipinski definition) is 3. The van der Waals surface area contributed by atoms with E-state index in [9.17, 15) is 29.7 Å². The van der Waals surface area contributed by atoms with Gasteiger partial charge in [-0.05, 0) is 99.7 Å². The minimum absolute atomic E-state index is 0.116. The fourth-order valence-electron chi connectivity index (χ4n) is 12.2. The standard InChI is InChI=1S/C42H62O9.C3H8.23C2H6/c1-10-13-32(45)49-24-39(7)28-18-21-40(8)29(38(28,6)20-19-30(39)43)17-16-26-27-22-37(4,5)36(51-34(47)15-12-3)35(48)42(27,25-50-33(46)14-11-2)31(44)23-41(26,40)9;1-3-2;23*1-2/h10-16,27-31,35-36,43-44,48H,17-25H2,1-9H3;3H2,1-2H3;23*1-2H3/b13-10+,14-11+,15-12+;;;;;;;;;;;;;;;;;;;;;;;;/t27?,28?,29?,30-,31+,35-,36-,38-,39+,40+,41+,42-;;;;;;;;;;;;;;;;;;;;;;;;/m0......................../s1. The van der Waals surface area contributed by atoms with Crippen molar-refractivity contribution >= 4 is 17.9 Å². The van der Waals surface area contributed by atoms with Crippen molar-refractivity contribution in [2.24, 2.45) is 50.2 Å². The van der Waals surface area contributed by atoms with Gasteiger partial charge >= 0.3 is 17.9 Å². The van der Waals surface area contributed by atoms with Gasteiger partial charge in [0.25, 0.3) is 0 Å². The molecule has 0 spiro atoms. The Balaban J connectivity index is -0.0000000612. The van der Waals surface area contributed by atoms with Gasteiger partial charge in [0.2, 0.25) is 0 Å². The molecule has 626 valence electrons. The molecule has 0 amide bonds. The molecule has 0 bridgehead atoms. The molecule has 3 unspecified atom stereocenters. The number of allylic oxidation sites excluding steroid dienone is 5. The summed E-state index contributed by atoms with van der Waals surface area (Å²) in [5.74, 6) is -1.53. The molecule has 0 aromatic heterocycles. The lowest BCUT2D eigenvalue weighted by molar-refractivity contribution is -0.263. The highest BCUT2D eigenvalue weighted by Gasteiger charge is 2.73. The monoisotopic (exact) mass is 1450 g/mol. The molecule has 0 aromatic carbocycles. The van der Waals surface area contributed by atoms with Crippen molar-refractivity contribution in [2.45, 2.75) is 470 Å². The summed E-state index contributed by atoms with van der Waals surface area (Å²) < 4.78 is 17.5. The van der Waals surface area contributed by atoms with E-state index in [4.69, 9.17) is 14.2 Å². The summed E-state index contributed by atoms with van der Waals surface area (Å²) in [7, 11) is 0. The largest absolute Gasteiger partial charge is 0.462 e. The predicted molar refractivity (Wildman–Crippen MR) is 471 cm³/mol. The van der Waals surface area contributed by atoms with Crippen molar-refractivity contribution in [3.63, 3.8) is 0 Å². The maximum Gasteiger partial charge on any atom is 0.330 e. The Bertz CT molecular complexity index is 1520. The zero-order chi connectivity index (χ0) is 86.5. The molecule has 3 N–H and O–H groups in total. The third-order valence-corrected chi connectivity index (χ3v) is 15.0. The predicted octanol–water partition coefficient (Wildman–Crippen LogP) is 31.4. The van der Waals surface area contributed by atoms with Crippen molar-refractivity contribution in [1.82, 2.24) is 0 Å². The van der Waals surface area contributed by atoms with Gasteiger partial charge in [-0.3, -0.25) is 0 Å². The third kappa shape index (κ3) is 53.1. The summed E-state index contributed by atoms with van der Waals surface area (Å²) in [4.78, 5) is 38.0. The molecule has 5 aliphatic carbocycles. The van der Waals surface area contributed by atoms with E-state index >= 15 is 0 Å². The molecule has 0 radical (unpaired) electrons. The second kappa shape index (κ2) is 117. The summed E-state index contributed by atoms with van der Waals surface area (Å²) in [5.41, 5.74) is -2.26. The molecule has 0 saturated heterocycles. The van der Waals surface area contributed by atoms with Gasteiger partial charge in [-0.25, -0.2) is 14.4 Å². The summed E-state index contributed by atoms with van der Waals surface area (Å²) in [6.45, 7) is 114. The Hall–Kier alpha value is -2.75. The van der Waals surface area contributed by atoms with Gasteiger partial charge in [-0.1, -0.05) is 410 Å². The van der Waals surface area contributed by atoms with Crippen LogP contribution in [0.2, 0.25) is 0 Å². The molecule has 12 atom stereocenters. The van der Waals surface area contributed by atoms with Gasteiger partial charge in [-0.15, -0.1) is 0 Å². The van der Waals surface area contributed by atoms with Gasteiger partial charge in [0, 0.05) is 29.1 Å². The maximum absolute atomic E-state index is 12.8. The number of aliphatic hydroxyl groups is 3. The highest BCUT2D eigenvalue weighted by Crippen LogP contribution is 2.76. The first kappa shape index (κ1) is 151. The number of hydrogen-bond acceptors (Lipinski definition) is 9. The van der Waals surface area contributed by atoms with Crippen LogP contribution < -0.4 is 0 Å². The number of esters is 3. The number of carbonyl (C=O) groups excluding carboxylic acids is 3. The van der Waals surface area contributed by atoms with Crippen molar-refractivity contribution in [3.8, 4) is 0 Å². The van der Waals surface area contributed by atoms with Gasteiger partial charge in [0.1, 0.15) is 18.8 Å². The van der Waals surface area contributed by atoms with Crippen LogP contribution in [0, 0.1) is 50.2 Å². The molecule has 0 aliphatic heterocycles. The van der Waals surface area contributed by atoms with Crippen molar-refractivity contribution in [2.75, 3.05) is 13.2 Å². The van der Waals surface area contributed by atoms with Crippen LogP contribution in [0.25, 0.3) is 0 Å². The number of fused-ring (bicyclic) bond motifs is 7. The van der Waals surface area contributed by atoms with Crippen LogP contribution in [0.5, 0.6) is 0 Å². The van der Waals surface area contributed by atoms with Crippen LogP contribution in [-0.2, 0) is 28.6 Å². The van der Waals surface area contributed by atoms with Crippen LogP contribution in [0.15, 0.2) is 48.1 Å². The summed E-state index contributed by atoms with van der Waals surface area (Å²) in [6.07, 6.45) is 13.4. The molecule has 100 heavy (non-hydrogen) atoms. The third-order valence-electron chi connectivity index (χ3n) is 15.0. The van der Waals surface area contributed by atoms with Gasteiger partial charge in [0.05, 0.1) is 24.2 Å². The van der Waals surface area contributed by atoms with Crippen LogP contribution in [0.3, 0.4) is 0 Å². The van der Waals surface area contributed by atoms with E-state index in [0.717, 1.165) is 25.7 Å². The number of carbonyl (C=O) groups is 3. The molecular weight excluding hydrogens is 1240 g/mol. The Morgan fingerprint density at radius 1 is 0.420 bits per heavy atom. The average molecular weight is 1450 g/mol. The Labute approximate surface area is 640 Å². The number of rotatable bonds is 8. The number of ether oxygens (including phenoxy) is 3. The van der Waals surface area contributed by atoms with Crippen LogP contribution in [0.1, 0.15) is 446 Å². The first-order chi connectivity index (χ1) is 48.2. The van der Waals surface area contributed by atoms with Crippen LogP contribution in [-0.4, -0.2) is 70.9 Å². The van der Waals surface area contributed by atoms with Gasteiger partial charge < -0.3 is 29.5 Å². The van der Waals surface area contributed by atoms with Crippen molar-refractivity contribution in [3.05, 3.63) is 48.1 Å². The van der Waals surface area contributed by atoms with Crippen molar-refractivity contribution < 1.29 is 43.9 Å². The second-order valence-electron chi connectivity index (χ2n) is 18.7. The first-order valence-electron chi connectivity index (χ1n) is 43.4. The lowest BCUT2D eigenvalue weighted by atomic mass is 9.33. The van der Waals surface area contributed by atoms with E-state index in [0.29, 0.717) is 19.3 Å². The smallest absolute Gasteiger partial charge is 0.330 e. The van der Waals surface area contributed by atoms with E-state index in [1.165, 1.54) is 30.2 Å². The Kier molecular flexibility index (Phi) is 177. The normalized spacial score (nSPS) is 24.3. The van der Waals surface area contributed by atoms with Crippen LogP contribution >= 0.6 is 0 Å². The SMILES string of the molecule is C/C=C/C(=O)OC[C@@]12C(CC(C)(C)[C@@H](OC(=O)/C=C/C)[C@@H]1O)C1=CCC3[C@@]4(C)CC[C@H](O)[C@](C)(COC(=O)/C=C/C)C4CC[C@@]3(C)[C@]1(C)C[C@H]2O.CC.CC.CC.CC.CC.CC.CC.CC.CC.CC.CC.CC.CC.CC.CC.CC.CC.CC.CC.CC.CC.CC.CC.CCC. The van der Waals surface area contributed by atoms with E-state index in [2.05, 4.69) is 47.6 Å². The fraction of sp³-hybridized carbons (Fsp3) is 0.879. The minimum atomic E-state index is -1.30. The first-order valence-corrected chi connectivity index (χ1v) is 43.4. The number of aliphatic hydroxyl groups excluding tert-OH is 3. The molecule has 4 saturated carbocycles. The van der Waals surface area contributed by atoms with E-state index in [1.54, 1.807) is 39.0 Å². The second-order valence-corrected chi connectivity index (χ2v) is 18.7. The van der Waals surface area contributed by atoms with Crippen LogP contribution in [0.4, 0.5) is 0 Å². The summed E-state index contributed by atoms with van der Waals surface area (Å²) >= 11 is 0. The molecule has 4 fully saturated rings.